The third kappa shape index (κ3) is 2.52. The molecule has 1 aliphatic carbocycles. The number of carbonyl (C=O) groups excluding carboxylic acids is 1. The van der Waals surface area contributed by atoms with Crippen molar-refractivity contribution < 1.29 is 38.7 Å². The molecule has 2 heterocycles. The Labute approximate surface area is 166 Å². The summed E-state index contributed by atoms with van der Waals surface area (Å²) in [5.41, 5.74) is 2.12. The van der Waals surface area contributed by atoms with Gasteiger partial charge in [0.1, 0.15) is 0 Å². The lowest BCUT2D eigenvalue weighted by molar-refractivity contribution is -0.141. The van der Waals surface area contributed by atoms with Gasteiger partial charge in [0.25, 0.3) is 0 Å². The van der Waals surface area contributed by atoms with Crippen molar-refractivity contribution in [2.75, 3.05) is 27.6 Å². The van der Waals surface area contributed by atoms with Crippen LogP contribution in [0.25, 0.3) is 0 Å². The van der Waals surface area contributed by atoms with Crippen LogP contribution in [0, 0.1) is 11.8 Å². The predicted octanol–water partition coefficient (Wildman–Crippen LogP) is 2.11. The molecular formula is C21H20O8. The molecule has 0 radical (unpaired) electrons. The topological polar surface area (TPSA) is 104 Å². The molecule has 2 N–H and O–H groups in total. The van der Waals surface area contributed by atoms with Crippen LogP contribution >= 0.6 is 0 Å². The second kappa shape index (κ2) is 6.45. The summed E-state index contributed by atoms with van der Waals surface area (Å²) in [7, 11) is 2.89. The Morgan fingerprint density at radius 1 is 0.966 bits per heavy atom. The average Bonchev–Trinajstić information content (AvgIpc) is 3.34. The Balaban J connectivity index is 1.75. The number of phenols is 1. The molecule has 3 aliphatic rings. The average molecular weight is 400 g/mol. The van der Waals surface area contributed by atoms with Gasteiger partial charge in [-0.1, -0.05) is 0 Å². The molecule has 0 bridgehead atoms. The van der Waals surface area contributed by atoms with Gasteiger partial charge in [0.15, 0.2) is 23.0 Å². The number of benzene rings is 2. The van der Waals surface area contributed by atoms with Gasteiger partial charge in [0.2, 0.25) is 12.5 Å². The minimum absolute atomic E-state index is 0.106. The highest BCUT2D eigenvalue weighted by molar-refractivity contribution is 5.79. The Morgan fingerprint density at radius 2 is 1.59 bits per heavy atom. The van der Waals surface area contributed by atoms with Crippen molar-refractivity contribution in [3.8, 4) is 28.7 Å². The highest BCUT2D eigenvalue weighted by atomic mass is 16.7. The molecule has 2 aromatic carbocycles. The van der Waals surface area contributed by atoms with Crippen LogP contribution in [-0.2, 0) is 9.53 Å². The van der Waals surface area contributed by atoms with E-state index in [9.17, 15) is 15.0 Å². The van der Waals surface area contributed by atoms with Crippen LogP contribution in [0.3, 0.4) is 0 Å². The number of aliphatic hydroxyl groups excluding tert-OH is 1. The molecule has 0 amide bonds. The van der Waals surface area contributed by atoms with Gasteiger partial charge in [-0.3, -0.25) is 4.79 Å². The minimum Gasteiger partial charge on any atom is -0.502 e. The van der Waals surface area contributed by atoms with E-state index in [2.05, 4.69) is 0 Å². The quantitative estimate of drug-likeness (QED) is 0.755. The predicted molar refractivity (Wildman–Crippen MR) is 98.5 cm³/mol. The van der Waals surface area contributed by atoms with Crippen molar-refractivity contribution in [2.45, 2.75) is 12.0 Å². The van der Waals surface area contributed by atoms with E-state index in [-0.39, 0.29) is 36.6 Å². The molecule has 0 aromatic heterocycles. The van der Waals surface area contributed by atoms with Gasteiger partial charge in [-0.2, -0.15) is 0 Å². The largest absolute Gasteiger partial charge is 0.502 e. The van der Waals surface area contributed by atoms with Gasteiger partial charge in [0.05, 0.1) is 32.8 Å². The lowest BCUT2D eigenvalue weighted by Gasteiger charge is -2.37. The maximum absolute atomic E-state index is 12.7. The van der Waals surface area contributed by atoms with Crippen molar-refractivity contribution in [3.05, 3.63) is 41.0 Å². The van der Waals surface area contributed by atoms with Crippen molar-refractivity contribution in [3.63, 3.8) is 0 Å². The van der Waals surface area contributed by atoms with Crippen LogP contribution in [0.4, 0.5) is 0 Å². The first kappa shape index (κ1) is 17.9. The third-order valence-electron chi connectivity index (χ3n) is 6.01. The second-order valence-corrected chi connectivity index (χ2v) is 7.35. The number of phenolic OH excluding ortho intramolecular Hbond substituents is 1. The maximum atomic E-state index is 12.7. The number of hydrogen-bond acceptors (Lipinski definition) is 8. The minimum atomic E-state index is -0.867. The van der Waals surface area contributed by atoms with E-state index >= 15 is 0 Å². The molecule has 0 spiro atoms. The fourth-order valence-corrected chi connectivity index (χ4v) is 4.63. The van der Waals surface area contributed by atoms with E-state index < -0.39 is 23.9 Å². The van der Waals surface area contributed by atoms with Crippen molar-refractivity contribution >= 4 is 5.97 Å². The molecule has 2 aromatic rings. The van der Waals surface area contributed by atoms with Gasteiger partial charge >= 0.3 is 5.97 Å². The molecule has 29 heavy (non-hydrogen) atoms. The van der Waals surface area contributed by atoms with E-state index in [0.717, 1.165) is 5.56 Å². The Bertz CT molecular complexity index is 975. The number of esters is 1. The lowest BCUT2D eigenvalue weighted by Crippen LogP contribution is -2.34. The fraction of sp³-hybridized carbons (Fsp3) is 0.381. The van der Waals surface area contributed by atoms with E-state index in [4.69, 9.17) is 23.7 Å². The molecule has 8 heteroatoms. The van der Waals surface area contributed by atoms with Gasteiger partial charge in [-0.25, -0.2) is 0 Å². The molecule has 4 atom stereocenters. The number of aliphatic hydroxyl groups is 1. The molecule has 2 unspecified atom stereocenters. The van der Waals surface area contributed by atoms with Gasteiger partial charge in [0, 0.05) is 11.8 Å². The lowest BCUT2D eigenvalue weighted by atomic mass is 9.66. The summed E-state index contributed by atoms with van der Waals surface area (Å²) in [5.74, 6) is -0.324. The fourth-order valence-electron chi connectivity index (χ4n) is 4.63. The molecule has 152 valence electrons. The number of ether oxygens (including phenoxy) is 5. The SMILES string of the molecule is COc1cc([C@@H]2c3cc4c(cc3C(O)C3COC(=O)[C@@H]32)OCO4)cc(OC)c1O. The van der Waals surface area contributed by atoms with Crippen LogP contribution in [0.5, 0.6) is 28.7 Å². The number of fused-ring (bicyclic) bond motifs is 3. The summed E-state index contributed by atoms with van der Waals surface area (Å²) >= 11 is 0. The molecular weight excluding hydrogens is 380 g/mol. The zero-order chi connectivity index (χ0) is 20.3. The van der Waals surface area contributed by atoms with Gasteiger partial charge in [-0.05, 0) is 41.0 Å². The van der Waals surface area contributed by atoms with E-state index in [1.165, 1.54) is 14.2 Å². The Morgan fingerprint density at radius 3 is 2.21 bits per heavy atom. The monoisotopic (exact) mass is 400 g/mol. The Hall–Kier alpha value is -3.13. The summed E-state index contributed by atoms with van der Waals surface area (Å²) in [6.45, 7) is 0.246. The van der Waals surface area contributed by atoms with Crippen LogP contribution in [0.15, 0.2) is 24.3 Å². The zero-order valence-corrected chi connectivity index (χ0v) is 15.9. The molecule has 0 saturated carbocycles. The first-order valence-corrected chi connectivity index (χ1v) is 9.26. The normalized spacial score (nSPS) is 26.5. The van der Waals surface area contributed by atoms with E-state index in [0.29, 0.717) is 22.6 Å². The smallest absolute Gasteiger partial charge is 0.310 e. The van der Waals surface area contributed by atoms with Crippen molar-refractivity contribution in [1.29, 1.82) is 0 Å². The first-order valence-electron chi connectivity index (χ1n) is 9.26. The number of hydrogen-bond donors (Lipinski definition) is 2. The maximum Gasteiger partial charge on any atom is 0.310 e. The van der Waals surface area contributed by atoms with E-state index in [1.54, 1.807) is 24.3 Å². The summed E-state index contributed by atoms with van der Waals surface area (Å²) in [6, 6.07) is 6.93. The highest BCUT2D eigenvalue weighted by Crippen LogP contribution is 2.55. The third-order valence-corrected chi connectivity index (χ3v) is 6.01. The summed E-state index contributed by atoms with van der Waals surface area (Å²) in [6.07, 6.45) is -0.867. The first-order chi connectivity index (χ1) is 14.0. The van der Waals surface area contributed by atoms with Crippen LogP contribution in [-0.4, -0.2) is 43.8 Å². The molecule has 2 aliphatic heterocycles. The summed E-state index contributed by atoms with van der Waals surface area (Å²) in [4.78, 5) is 12.7. The van der Waals surface area contributed by atoms with E-state index in [1.807, 2.05) is 0 Å². The molecule has 1 saturated heterocycles. The Kier molecular flexibility index (Phi) is 3.99. The molecule has 5 rings (SSSR count). The van der Waals surface area contributed by atoms with Gasteiger partial charge < -0.3 is 33.9 Å². The van der Waals surface area contributed by atoms with Gasteiger partial charge in [-0.15, -0.1) is 0 Å². The van der Waals surface area contributed by atoms with Crippen LogP contribution in [0.1, 0.15) is 28.7 Å². The number of rotatable bonds is 3. The second-order valence-electron chi connectivity index (χ2n) is 7.35. The number of aromatic hydroxyl groups is 1. The highest BCUT2D eigenvalue weighted by Gasteiger charge is 2.52. The number of methoxy groups -OCH3 is 2. The zero-order valence-electron chi connectivity index (χ0n) is 15.9. The standard InChI is InChI=1S/C21H20O8/c1-25-15-3-9(4-16(26-2)20(15)23)17-10-5-13-14(29-8-28-13)6-11(10)19(22)12-7-27-21(24)18(12)17/h3-6,12,17-19,22-23H,7-8H2,1-2H3/t12?,17-,18+,19?/m1/s1. The number of carbonyl (C=O) groups is 1. The molecule has 1 fully saturated rings. The number of cyclic esters (lactones) is 1. The van der Waals surface area contributed by atoms with Crippen LogP contribution < -0.4 is 18.9 Å². The molecule has 8 nitrogen and oxygen atoms in total. The van der Waals surface area contributed by atoms with Crippen LogP contribution in [0.2, 0.25) is 0 Å². The summed E-state index contributed by atoms with van der Waals surface area (Å²) < 4.78 is 26.9. The van der Waals surface area contributed by atoms with Crippen molar-refractivity contribution in [2.24, 2.45) is 11.8 Å². The van der Waals surface area contributed by atoms with Crippen molar-refractivity contribution in [1.82, 2.24) is 0 Å². The summed E-state index contributed by atoms with van der Waals surface area (Å²) in [5, 5.41) is 21.3.